The van der Waals surface area contributed by atoms with Gasteiger partial charge in [0.15, 0.2) is 9.84 Å². The lowest BCUT2D eigenvalue weighted by Crippen LogP contribution is -1.97. The molecular formula is C8H9O3S. The highest BCUT2D eigenvalue weighted by molar-refractivity contribution is 7.92. The number of para-hydroxylation sites is 1. The Morgan fingerprint density at radius 1 is 1.33 bits per heavy atom. The molecule has 0 atom stereocenters. The molecule has 4 heteroatoms. The Kier molecular flexibility index (Phi) is 2.38. The van der Waals surface area contributed by atoms with E-state index in [4.69, 9.17) is 4.74 Å². The summed E-state index contributed by atoms with van der Waals surface area (Å²) in [6, 6.07) is 6.37. The van der Waals surface area contributed by atoms with Gasteiger partial charge in [-0.3, -0.25) is 0 Å². The SMILES string of the molecule is [CH2]S(=O)(=O)c1ccccc1OC. The van der Waals surface area contributed by atoms with Gasteiger partial charge >= 0.3 is 0 Å². The topological polar surface area (TPSA) is 43.4 Å². The first kappa shape index (κ1) is 9.06. The van der Waals surface area contributed by atoms with Crippen molar-refractivity contribution >= 4 is 9.84 Å². The molecule has 0 unspecified atom stereocenters. The van der Waals surface area contributed by atoms with Crippen LogP contribution in [0.5, 0.6) is 5.75 Å². The smallest absolute Gasteiger partial charge is 0.183 e. The molecule has 0 spiro atoms. The first-order valence-electron chi connectivity index (χ1n) is 3.27. The minimum absolute atomic E-state index is 0.118. The van der Waals surface area contributed by atoms with Gasteiger partial charge in [-0.05, 0) is 12.1 Å². The van der Waals surface area contributed by atoms with Gasteiger partial charge in [0.2, 0.25) is 0 Å². The fourth-order valence-electron chi connectivity index (χ4n) is 0.876. The van der Waals surface area contributed by atoms with E-state index in [2.05, 4.69) is 6.26 Å². The highest BCUT2D eigenvalue weighted by Gasteiger charge is 2.12. The quantitative estimate of drug-likeness (QED) is 0.696. The average Bonchev–Trinajstić information content (AvgIpc) is 2.03. The van der Waals surface area contributed by atoms with E-state index in [-0.39, 0.29) is 4.90 Å². The van der Waals surface area contributed by atoms with Crippen LogP contribution in [-0.2, 0) is 9.84 Å². The minimum Gasteiger partial charge on any atom is -0.495 e. The molecule has 0 bridgehead atoms. The van der Waals surface area contributed by atoms with Crippen molar-refractivity contribution in [3.05, 3.63) is 30.5 Å². The summed E-state index contributed by atoms with van der Waals surface area (Å²) in [6.07, 6.45) is 3.04. The summed E-state index contributed by atoms with van der Waals surface area (Å²) in [7, 11) is -2.00. The first-order chi connectivity index (χ1) is 5.55. The van der Waals surface area contributed by atoms with Gasteiger partial charge in [0.1, 0.15) is 10.6 Å². The van der Waals surface area contributed by atoms with Crippen LogP contribution in [0.4, 0.5) is 0 Å². The lowest BCUT2D eigenvalue weighted by atomic mass is 10.3. The second-order valence-corrected chi connectivity index (χ2v) is 3.93. The summed E-state index contributed by atoms with van der Waals surface area (Å²) in [5.74, 6) is 0.326. The number of hydrogen-bond donors (Lipinski definition) is 0. The number of benzene rings is 1. The molecule has 0 amide bonds. The van der Waals surface area contributed by atoms with Gasteiger partial charge in [0, 0.05) is 0 Å². The Bertz CT molecular complexity index is 368. The number of ether oxygens (including phenoxy) is 1. The number of sulfone groups is 1. The van der Waals surface area contributed by atoms with E-state index in [0.29, 0.717) is 5.75 Å². The van der Waals surface area contributed by atoms with Crippen molar-refractivity contribution in [1.29, 1.82) is 0 Å². The number of hydrogen-bond acceptors (Lipinski definition) is 3. The maximum absolute atomic E-state index is 11.0. The summed E-state index contributed by atoms with van der Waals surface area (Å²) in [5.41, 5.74) is 0. The zero-order valence-electron chi connectivity index (χ0n) is 6.65. The predicted octanol–water partition coefficient (Wildman–Crippen LogP) is 1.26. The molecule has 0 saturated heterocycles. The molecule has 1 aromatic rings. The van der Waals surface area contributed by atoms with Crippen LogP contribution in [0, 0.1) is 6.26 Å². The normalized spacial score (nSPS) is 11.2. The summed E-state index contributed by atoms with van der Waals surface area (Å²) >= 11 is 0. The summed E-state index contributed by atoms with van der Waals surface area (Å²) in [6.45, 7) is 0. The fraction of sp³-hybridized carbons (Fsp3) is 0.125. The van der Waals surface area contributed by atoms with Crippen molar-refractivity contribution in [2.45, 2.75) is 4.90 Å². The minimum atomic E-state index is -3.42. The Hall–Kier alpha value is -1.03. The summed E-state index contributed by atoms with van der Waals surface area (Å²) in [4.78, 5) is 0.118. The van der Waals surface area contributed by atoms with Gasteiger partial charge in [0.25, 0.3) is 0 Å². The van der Waals surface area contributed by atoms with E-state index in [1.165, 1.54) is 13.2 Å². The predicted molar refractivity (Wildman–Crippen MR) is 45.5 cm³/mol. The third kappa shape index (κ3) is 1.76. The molecular weight excluding hydrogens is 176 g/mol. The average molecular weight is 185 g/mol. The highest BCUT2D eigenvalue weighted by atomic mass is 32.2. The number of rotatable bonds is 2. The van der Waals surface area contributed by atoms with Crippen LogP contribution < -0.4 is 4.74 Å². The van der Waals surface area contributed by atoms with Crippen molar-refractivity contribution in [2.24, 2.45) is 0 Å². The largest absolute Gasteiger partial charge is 0.495 e. The molecule has 12 heavy (non-hydrogen) atoms. The van der Waals surface area contributed by atoms with Crippen LogP contribution >= 0.6 is 0 Å². The monoisotopic (exact) mass is 185 g/mol. The molecule has 3 nitrogen and oxygen atoms in total. The Morgan fingerprint density at radius 2 is 1.92 bits per heavy atom. The van der Waals surface area contributed by atoms with Gasteiger partial charge in [-0.25, -0.2) is 8.42 Å². The molecule has 0 aliphatic rings. The van der Waals surface area contributed by atoms with E-state index >= 15 is 0 Å². The molecule has 1 rings (SSSR count). The maximum atomic E-state index is 11.0. The van der Waals surface area contributed by atoms with Crippen LogP contribution in [0.25, 0.3) is 0 Å². The van der Waals surface area contributed by atoms with E-state index in [0.717, 1.165) is 0 Å². The van der Waals surface area contributed by atoms with Gasteiger partial charge in [-0.15, -0.1) is 0 Å². The molecule has 65 valence electrons. The van der Waals surface area contributed by atoms with Crippen LogP contribution in [0.1, 0.15) is 0 Å². The van der Waals surface area contributed by atoms with Gasteiger partial charge < -0.3 is 4.74 Å². The molecule has 1 radical (unpaired) electrons. The Morgan fingerprint density at radius 3 is 2.33 bits per heavy atom. The van der Waals surface area contributed by atoms with Crippen molar-refractivity contribution in [2.75, 3.05) is 7.11 Å². The lowest BCUT2D eigenvalue weighted by Gasteiger charge is -2.04. The zero-order valence-corrected chi connectivity index (χ0v) is 7.47. The summed E-state index contributed by atoms with van der Waals surface area (Å²) < 4.78 is 26.9. The van der Waals surface area contributed by atoms with Crippen LogP contribution in [-0.4, -0.2) is 15.5 Å². The van der Waals surface area contributed by atoms with E-state index < -0.39 is 9.84 Å². The van der Waals surface area contributed by atoms with Gasteiger partial charge in [-0.1, -0.05) is 12.1 Å². The number of methoxy groups -OCH3 is 1. The van der Waals surface area contributed by atoms with Gasteiger partial charge in [-0.2, -0.15) is 0 Å². The zero-order chi connectivity index (χ0) is 9.19. The Balaban J connectivity index is 3.33. The molecule has 0 fully saturated rings. The molecule has 0 aromatic heterocycles. The van der Waals surface area contributed by atoms with E-state index in [1.807, 2.05) is 0 Å². The molecule has 0 heterocycles. The molecule has 0 aliphatic heterocycles. The molecule has 1 aromatic carbocycles. The molecule has 0 N–H and O–H groups in total. The molecule has 0 aliphatic carbocycles. The second-order valence-electron chi connectivity index (χ2n) is 2.27. The van der Waals surface area contributed by atoms with Crippen LogP contribution in [0.2, 0.25) is 0 Å². The van der Waals surface area contributed by atoms with E-state index in [1.54, 1.807) is 18.2 Å². The highest BCUT2D eigenvalue weighted by Crippen LogP contribution is 2.22. The van der Waals surface area contributed by atoms with E-state index in [9.17, 15) is 8.42 Å². The van der Waals surface area contributed by atoms with Crippen LogP contribution in [0.15, 0.2) is 29.2 Å². The second kappa shape index (κ2) is 3.15. The lowest BCUT2D eigenvalue weighted by molar-refractivity contribution is 0.403. The van der Waals surface area contributed by atoms with Crippen LogP contribution in [0.3, 0.4) is 0 Å². The van der Waals surface area contributed by atoms with Crippen molar-refractivity contribution in [3.8, 4) is 5.75 Å². The Labute approximate surface area is 71.9 Å². The molecule has 0 saturated carbocycles. The van der Waals surface area contributed by atoms with Gasteiger partial charge in [0.05, 0.1) is 13.4 Å². The van der Waals surface area contributed by atoms with Crippen molar-refractivity contribution in [1.82, 2.24) is 0 Å². The summed E-state index contributed by atoms with van der Waals surface area (Å²) in [5, 5.41) is 0. The first-order valence-corrected chi connectivity index (χ1v) is 4.92. The van der Waals surface area contributed by atoms with Crippen molar-refractivity contribution in [3.63, 3.8) is 0 Å². The standard InChI is InChI=1S/C8H9O3S/c1-11-7-5-3-4-6-8(7)12(2,9)10/h3-6H,2H2,1H3. The third-order valence-electron chi connectivity index (χ3n) is 1.40. The fourth-order valence-corrected chi connectivity index (χ4v) is 1.62. The third-order valence-corrected chi connectivity index (χ3v) is 2.41. The van der Waals surface area contributed by atoms with Crippen molar-refractivity contribution < 1.29 is 13.2 Å². The maximum Gasteiger partial charge on any atom is 0.183 e.